The molecule has 196 valence electrons. The molecule has 0 radical (unpaired) electrons. The van der Waals surface area contributed by atoms with Crippen molar-refractivity contribution >= 4 is 0 Å². The van der Waals surface area contributed by atoms with Crippen LogP contribution in [0.15, 0.2) is 58.3 Å². The smallest absolute Gasteiger partial charge is 0.203 e. The molecule has 0 bridgehead atoms. The average Bonchev–Trinajstić information content (AvgIpc) is 3.41. The van der Waals surface area contributed by atoms with Gasteiger partial charge in [0.25, 0.3) is 0 Å². The number of rotatable bonds is 6. The molecule has 0 unspecified atom stereocenters. The molecule has 7 atom stereocenters. The predicted molar refractivity (Wildman–Crippen MR) is 141 cm³/mol. The van der Waals surface area contributed by atoms with Crippen molar-refractivity contribution in [2.24, 2.45) is 23.2 Å². The van der Waals surface area contributed by atoms with Crippen LogP contribution in [-0.2, 0) is 5.41 Å². The number of oxazole rings is 1. The van der Waals surface area contributed by atoms with E-state index in [9.17, 15) is 15.3 Å². The maximum atomic E-state index is 11.0. The van der Waals surface area contributed by atoms with Gasteiger partial charge in [0.05, 0.1) is 29.4 Å². The zero-order valence-electron chi connectivity index (χ0n) is 22.1. The second kappa shape index (κ2) is 9.74. The lowest BCUT2D eigenvalue weighted by Crippen LogP contribution is -2.35. The van der Waals surface area contributed by atoms with Crippen LogP contribution >= 0.6 is 0 Å². The molecule has 4 aliphatic carbocycles. The number of aliphatic hydroxyl groups excluding tert-OH is 3. The standard InChI is InChI=1S/C31H43NO4/c1-19(7-12-28(35)31(14-15-31)29-32-20(2)18-36-29)25-10-11-26-22(6-5-13-30(25,26)4)8-9-23-16-24(33)17-27(34)21(23)3/h7-9,12,18-19,24-28,33-35H,3,5-6,10-11,13-17H2,1-2,4H3/t19-,24-,25-,26+,27+,28-,30-/m1/s1. The Morgan fingerprint density at radius 2 is 1.94 bits per heavy atom. The molecule has 5 nitrogen and oxygen atoms in total. The second-order valence-corrected chi connectivity index (χ2v) is 12.3. The summed E-state index contributed by atoms with van der Waals surface area (Å²) in [7, 11) is 0. The zero-order chi connectivity index (χ0) is 25.7. The summed E-state index contributed by atoms with van der Waals surface area (Å²) < 4.78 is 5.65. The summed E-state index contributed by atoms with van der Waals surface area (Å²) >= 11 is 0. The third-order valence-corrected chi connectivity index (χ3v) is 9.93. The minimum Gasteiger partial charge on any atom is -0.448 e. The Bertz CT molecular complexity index is 1080. The Balaban J connectivity index is 1.29. The lowest BCUT2D eigenvalue weighted by atomic mass is 9.61. The van der Waals surface area contributed by atoms with Crippen LogP contribution in [0, 0.1) is 30.1 Å². The van der Waals surface area contributed by atoms with Gasteiger partial charge in [-0.3, -0.25) is 0 Å². The van der Waals surface area contributed by atoms with Gasteiger partial charge >= 0.3 is 0 Å². The molecule has 0 saturated heterocycles. The number of allylic oxidation sites excluding steroid dienone is 4. The lowest BCUT2D eigenvalue weighted by molar-refractivity contribution is 0.0862. The van der Waals surface area contributed by atoms with Gasteiger partial charge in [0.1, 0.15) is 6.26 Å². The molecule has 4 fully saturated rings. The maximum absolute atomic E-state index is 11.0. The van der Waals surface area contributed by atoms with Crippen molar-refractivity contribution in [2.75, 3.05) is 0 Å². The highest BCUT2D eigenvalue weighted by molar-refractivity contribution is 5.38. The van der Waals surface area contributed by atoms with Gasteiger partial charge in [-0.05, 0) is 92.6 Å². The Morgan fingerprint density at radius 3 is 2.64 bits per heavy atom. The molecule has 0 amide bonds. The number of fused-ring (bicyclic) bond motifs is 1. The number of hydrogen-bond acceptors (Lipinski definition) is 5. The predicted octanol–water partition coefficient (Wildman–Crippen LogP) is 5.71. The van der Waals surface area contributed by atoms with Crippen molar-refractivity contribution in [2.45, 2.75) is 102 Å². The van der Waals surface area contributed by atoms with E-state index in [-0.39, 0.29) is 10.8 Å². The van der Waals surface area contributed by atoms with Crippen LogP contribution in [0.1, 0.15) is 83.2 Å². The molecule has 36 heavy (non-hydrogen) atoms. The third-order valence-electron chi connectivity index (χ3n) is 9.93. The van der Waals surface area contributed by atoms with Crippen molar-refractivity contribution in [1.29, 1.82) is 0 Å². The second-order valence-electron chi connectivity index (χ2n) is 12.3. The molecule has 3 N–H and O–H groups in total. The van der Waals surface area contributed by atoms with E-state index < -0.39 is 18.3 Å². The molecule has 0 spiro atoms. The van der Waals surface area contributed by atoms with Gasteiger partial charge in [-0.15, -0.1) is 0 Å². The molecule has 4 saturated carbocycles. The molecule has 4 aliphatic rings. The summed E-state index contributed by atoms with van der Waals surface area (Å²) in [6.07, 6.45) is 17.3. The molecule has 1 aromatic rings. The highest BCUT2D eigenvalue weighted by atomic mass is 16.3. The average molecular weight is 494 g/mol. The number of hydrogen-bond donors (Lipinski definition) is 3. The first-order valence-corrected chi connectivity index (χ1v) is 13.9. The van der Waals surface area contributed by atoms with E-state index in [1.807, 2.05) is 13.0 Å². The third kappa shape index (κ3) is 4.59. The minimum absolute atomic E-state index is 0.247. The zero-order valence-corrected chi connectivity index (χ0v) is 22.1. The Kier molecular flexibility index (Phi) is 6.95. The Hall–Kier alpha value is -1.95. The van der Waals surface area contributed by atoms with E-state index in [1.165, 1.54) is 31.3 Å². The maximum Gasteiger partial charge on any atom is 0.203 e. The monoisotopic (exact) mass is 493 g/mol. The van der Waals surface area contributed by atoms with Gasteiger partial charge in [0, 0.05) is 6.42 Å². The largest absolute Gasteiger partial charge is 0.448 e. The first-order chi connectivity index (χ1) is 17.1. The van der Waals surface area contributed by atoms with Gasteiger partial charge in [-0.1, -0.05) is 50.3 Å². The molecule has 5 heteroatoms. The van der Waals surface area contributed by atoms with Gasteiger partial charge in [0.2, 0.25) is 5.89 Å². The molecule has 0 aromatic carbocycles. The van der Waals surface area contributed by atoms with Crippen LogP contribution in [0.5, 0.6) is 0 Å². The first-order valence-electron chi connectivity index (χ1n) is 13.9. The van der Waals surface area contributed by atoms with E-state index in [0.29, 0.717) is 36.5 Å². The van der Waals surface area contributed by atoms with Crippen LogP contribution in [0.25, 0.3) is 0 Å². The van der Waals surface area contributed by atoms with E-state index in [2.05, 4.69) is 43.6 Å². The topological polar surface area (TPSA) is 86.7 Å². The number of aromatic nitrogens is 1. The summed E-state index contributed by atoms with van der Waals surface area (Å²) in [5.41, 5.74) is 4.01. The van der Waals surface area contributed by atoms with Gasteiger partial charge < -0.3 is 19.7 Å². The summed E-state index contributed by atoms with van der Waals surface area (Å²) in [4.78, 5) is 4.50. The minimum atomic E-state index is -0.642. The normalized spacial score (nSPS) is 38.0. The first kappa shape index (κ1) is 25.7. The van der Waals surface area contributed by atoms with Crippen molar-refractivity contribution in [3.05, 3.63) is 65.5 Å². The molecular formula is C31H43NO4. The fourth-order valence-corrected chi connectivity index (χ4v) is 7.56. The SMILES string of the molecule is C=C1C(=CC=C2CCC[C@]3(C)[C@@H]([C@H](C)C=C[C@@H](O)C4(c5nc(C)co5)CC4)CC[C@@H]23)C[C@@H](O)C[C@@H]1O. The van der Waals surface area contributed by atoms with E-state index in [4.69, 9.17) is 4.42 Å². The van der Waals surface area contributed by atoms with Crippen LogP contribution in [0.3, 0.4) is 0 Å². The summed E-state index contributed by atoms with van der Waals surface area (Å²) in [5, 5.41) is 31.3. The summed E-state index contributed by atoms with van der Waals surface area (Å²) in [6.45, 7) is 10.8. The molecule has 1 aromatic heterocycles. The van der Waals surface area contributed by atoms with Crippen LogP contribution in [0.2, 0.25) is 0 Å². The van der Waals surface area contributed by atoms with Crippen LogP contribution < -0.4 is 0 Å². The van der Waals surface area contributed by atoms with E-state index >= 15 is 0 Å². The van der Waals surface area contributed by atoms with Crippen molar-refractivity contribution in [3.8, 4) is 0 Å². The van der Waals surface area contributed by atoms with Crippen LogP contribution in [-0.4, -0.2) is 38.6 Å². The summed E-state index contributed by atoms with van der Waals surface area (Å²) in [6, 6.07) is 0. The molecule has 1 heterocycles. The Labute approximate surface area is 215 Å². The highest BCUT2D eigenvalue weighted by Crippen LogP contribution is 2.59. The van der Waals surface area contributed by atoms with Crippen molar-refractivity contribution in [1.82, 2.24) is 4.98 Å². The quantitative estimate of drug-likeness (QED) is 0.442. The molecular weight excluding hydrogens is 450 g/mol. The molecule has 0 aliphatic heterocycles. The number of aryl methyl sites for hydroxylation is 1. The van der Waals surface area contributed by atoms with Crippen LogP contribution in [0.4, 0.5) is 0 Å². The Morgan fingerprint density at radius 1 is 1.17 bits per heavy atom. The number of nitrogens with zero attached hydrogens (tertiary/aromatic N) is 1. The fourth-order valence-electron chi connectivity index (χ4n) is 7.56. The van der Waals surface area contributed by atoms with Gasteiger partial charge in [0.15, 0.2) is 0 Å². The van der Waals surface area contributed by atoms with Crippen molar-refractivity contribution in [3.63, 3.8) is 0 Å². The van der Waals surface area contributed by atoms with Gasteiger partial charge in [-0.2, -0.15) is 0 Å². The van der Waals surface area contributed by atoms with E-state index in [1.54, 1.807) is 6.26 Å². The fraction of sp³-hybridized carbons (Fsp3) is 0.645. The number of aliphatic hydroxyl groups is 3. The highest BCUT2D eigenvalue weighted by Gasteiger charge is 2.54. The van der Waals surface area contributed by atoms with E-state index in [0.717, 1.165) is 36.1 Å². The lowest BCUT2D eigenvalue weighted by Gasteiger charge is -2.44. The van der Waals surface area contributed by atoms with Crippen molar-refractivity contribution < 1.29 is 19.7 Å². The summed E-state index contributed by atoms with van der Waals surface area (Å²) in [5.74, 6) is 2.20. The van der Waals surface area contributed by atoms with Gasteiger partial charge in [-0.25, -0.2) is 4.98 Å². The molecule has 5 rings (SSSR count).